The van der Waals surface area contributed by atoms with Crippen LogP contribution < -0.4 is 10.2 Å². The normalized spacial score (nSPS) is 16.0. The van der Waals surface area contributed by atoms with E-state index in [2.05, 4.69) is 25.3 Å². The molecule has 8 nitrogen and oxygen atoms in total. The molecule has 1 amide bonds. The maximum Gasteiger partial charge on any atom is 0.241 e. The highest BCUT2D eigenvalue weighted by molar-refractivity contribution is 5.89. The van der Waals surface area contributed by atoms with Gasteiger partial charge in [-0.2, -0.15) is 9.97 Å². The van der Waals surface area contributed by atoms with E-state index >= 15 is 0 Å². The predicted octanol–water partition coefficient (Wildman–Crippen LogP) is 0.0631. The van der Waals surface area contributed by atoms with Gasteiger partial charge in [-0.1, -0.05) is 0 Å². The van der Waals surface area contributed by atoms with Crippen LogP contribution >= 0.6 is 0 Å². The van der Waals surface area contributed by atoms with Gasteiger partial charge in [-0.05, 0) is 6.92 Å². The number of hydrogen-bond acceptors (Lipinski definition) is 6. The first-order valence-corrected chi connectivity index (χ1v) is 6.63. The Morgan fingerprint density at radius 3 is 3.00 bits per heavy atom. The molecule has 0 aliphatic carbocycles. The number of hydrogen-bond donors (Lipinski definition) is 2. The summed E-state index contributed by atoms with van der Waals surface area (Å²) < 4.78 is 0. The summed E-state index contributed by atoms with van der Waals surface area (Å²) >= 11 is 0. The number of likely N-dealkylation sites (N-methyl/N-ethyl adjacent to an activating group) is 1. The lowest BCUT2D eigenvalue weighted by Crippen LogP contribution is -2.49. The standard InChI is InChI=1S/C12H17N7O/c1-3-13-12-16-10-9(14-7-15-10)11(17-12)19-5-4-18(2)8(20)6-19/h7H,3-6H2,1-2H3,(H2,13,14,15,16,17). The molecule has 0 spiro atoms. The van der Waals surface area contributed by atoms with E-state index in [-0.39, 0.29) is 5.91 Å². The third kappa shape index (κ3) is 2.13. The Morgan fingerprint density at radius 2 is 2.25 bits per heavy atom. The number of piperazine rings is 1. The predicted molar refractivity (Wildman–Crippen MR) is 75.7 cm³/mol. The van der Waals surface area contributed by atoms with Gasteiger partial charge in [0.25, 0.3) is 0 Å². The van der Waals surface area contributed by atoms with Crippen molar-refractivity contribution in [2.24, 2.45) is 0 Å². The number of aromatic nitrogens is 4. The molecule has 0 unspecified atom stereocenters. The van der Waals surface area contributed by atoms with E-state index < -0.39 is 0 Å². The van der Waals surface area contributed by atoms with Crippen molar-refractivity contribution < 1.29 is 4.79 Å². The molecule has 2 aromatic heterocycles. The van der Waals surface area contributed by atoms with E-state index in [1.807, 2.05) is 18.9 Å². The van der Waals surface area contributed by atoms with Gasteiger partial charge < -0.3 is 20.1 Å². The van der Waals surface area contributed by atoms with Crippen LogP contribution in [0.2, 0.25) is 0 Å². The Kier molecular flexibility index (Phi) is 3.13. The SMILES string of the molecule is CCNc1nc(N2CCN(C)C(=O)C2)c2[nH]cnc2n1. The second-order valence-corrected chi connectivity index (χ2v) is 4.74. The molecule has 0 saturated carbocycles. The first-order chi connectivity index (χ1) is 9.69. The monoisotopic (exact) mass is 275 g/mol. The zero-order valence-corrected chi connectivity index (χ0v) is 11.6. The molecule has 1 aliphatic heterocycles. The number of imidazole rings is 1. The maximum atomic E-state index is 11.9. The van der Waals surface area contributed by atoms with Crippen molar-refractivity contribution in [3.05, 3.63) is 6.33 Å². The number of anilines is 2. The molecule has 3 rings (SSSR count). The molecular formula is C12H17N7O. The Balaban J connectivity index is 2.00. The first kappa shape index (κ1) is 12.6. The fourth-order valence-corrected chi connectivity index (χ4v) is 2.22. The Labute approximate surface area is 116 Å². The highest BCUT2D eigenvalue weighted by Crippen LogP contribution is 2.23. The molecule has 0 radical (unpaired) electrons. The average Bonchev–Trinajstić information content (AvgIpc) is 2.89. The Bertz CT molecular complexity index is 638. The number of H-pyrrole nitrogens is 1. The van der Waals surface area contributed by atoms with Crippen molar-refractivity contribution in [3.8, 4) is 0 Å². The van der Waals surface area contributed by atoms with Crippen LogP contribution in [0.1, 0.15) is 6.92 Å². The summed E-state index contributed by atoms with van der Waals surface area (Å²) in [5, 5.41) is 3.09. The molecule has 1 aliphatic rings. The molecule has 1 fully saturated rings. The number of aromatic amines is 1. The van der Waals surface area contributed by atoms with Crippen molar-refractivity contribution >= 4 is 28.8 Å². The molecule has 8 heteroatoms. The smallest absolute Gasteiger partial charge is 0.241 e. The highest BCUT2D eigenvalue weighted by atomic mass is 16.2. The minimum absolute atomic E-state index is 0.0903. The molecule has 106 valence electrons. The number of rotatable bonds is 3. The van der Waals surface area contributed by atoms with Gasteiger partial charge in [-0.15, -0.1) is 0 Å². The van der Waals surface area contributed by atoms with Crippen LogP contribution in [0.3, 0.4) is 0 Å². The molecule has 2 N–H and O–H groups in total. The summed E-state index contributed by atoms with van der Waals surface area (Å²) in [6.45, 7) is 4.48. The van der Waals surface area contributed by atoms with Crippen LogP contribution in [-0.2, 0) is 4.79 Å². The van der Waals surface area contributed by atoms with Gasteiger partial charge in [-0.3, -0.25) is 4.79 Å². The lowest BCUT2D eigenvalue weighted by Gasteiger charge is -2.32. The molecule has 3 heterocycles. The molecule has 1 saturated heterocycles. The third-order valence-electron chi connectivity index (χ3n) is 3.36. The van der Waals surface area contributed by atoms with Crippen molar-refractivity contribution in [1.82, 2.24) is 24.8 Å². The third-order valence-corrected chi connectivity index (χ3v) is 3.36. The summed E-state index contributed by atoms with van der Waals surface area (Å²) in [4.78, 5) is 31.6. The van der Waals surface area contributed by atoms with Crippen molar-refractivity contribution in [3.63, 3.8) is 0 Å². The van der Waals surface area contributed by atoms with Crippen molar-refractivity contribution in [1.29, 1.82) is 0 Å². The summed E-state index contributed by atoms with van der Waals surface area (Å²) in [5.74, 6) is 1.35. The number of fused-ring (bicyclic) bond motifs is 1. The number of nitrogens with zero attached hydrogens (tertiary/aromatic N) is 5. The average molecular weight is 275 g/mol. The van der Waals surface area contributed by atoms with Crippen molar-refractivity contribution in [2.45, 2.75) is 6.92 Å². The van der Waals surface area contributed by atoms with Crippen molar-refractivity contribution in [2.75, 3.05) is 43.4 Å². The summed E-state index contributed by atoms with van der Waals surface area (Å²) in [7, 11) is 1.81. The van der Waals surface area contributed by atoms with Crippen LogP contribution in [0, 0.1) is 0 Å². The van der Waals surface area contributed by atoms with E-state index in [4.69, 9.17) is 0 Å². The van der Waals surface area contributed by atoms with Crippen LogP contribution in [0.15, 0.2) is 6.33 Å². The Morgan fingerprint density at radius 1 is 1.40 bits per heavy atom. The van der Waals surface area contributed by atoms with Crippen LogP contribution in [-0.4, -0.2) is 64.0 Å². The molecule has 0 aromatic carbocycles. The Hall–Kier alpha value is -2.38. The maximum absolute atomic E-state index is 11.9. The van der Waals surface area contributed by atoms with Gasteiger partial charge in [0, 0.05) is 26.7 Å². The van der Waals surface area contributed by atoms with E-state index in [9.17, 15) is 4.79 Å². The van der Waals surface area contributed by atoms with Crippen LogP contribution in [0.5, 0.6) is 0 Å². The molecule has 20 heavy (non-hydrogen) atoms. The van der Waals surface area contributed by atoms with Gasteiger partial charge >= 0.3 is 0 Å². The second kappa shape index (κ2) is 4.95. The van der Waals surface area contributed by atoms with Gasteiger partial charge in [0.15, 0.2) is 11.5 Å². The molecule has 0 bridgehead atoms. The largest absolute Gasteiger partial charge is 0.354 e. The van der Waals surface area contributed by atoms with Gasteiger partial charge in [0.2, 0.25) is 11.9 Å². The first-order valence-electron chi connectivity index (χ1n) is 6.63. The summed E-state index contributed by atoms with van der Waals surface area (Å²) in [5.41, 5.74) is 1.38. The van der Waals surface area contributed by atoms with E-state index in [1.54, 1.807) is 11.2 Å². The number of carbonyl (C=O) groups is 1. The molecule has 2 aromatic rings. The van der Waals surface area contributed by atoms with E-state index in [0.29, 0.717) is 24.7 Å². The summed E-state index contributed by atoms with van der Waals surface area (Å²) in [6.07, 6.45) is 1.59. The van der Waals surface area contributed by atoms with Gasteiger partial charge in [0.1, 0.15) is 5.52 Å². The fourth-order valence-electron chi connectivity index (χ4n) is 2.22. The minimum Gasteiger partial charge on any atom is -0.354 e. The lowest BCUT2D eigenvalue weighted by molar-refractivity contribution is -0.129. The van der Waals surface area contributed by atoms with E-state index in [1.165, 1.54) is 0 Å². The second-order valence-electron chi connectivity index (χ2n) is 4.74. The quantitative estimate of drug-likeness (QED) is 0.823. The zero-order valence-electron chi connectivity index (χ0n) is 11.6. The number of amides is 1. The topological polar surface area (TPSA) is 90.0 Å². The molecular weight excluding hydrogens is 258 g/mol. The van der Waals surface area contributed by atoms with Crippen LogP contribution in [0.25, 0.3) is 11.2 Å². The fraction of sp³-hybridized carbons (Fsp3) is 0.500. The number of nitrogens with one attached hydrogen (secondary N) is 2. The van der Waals surface area contributed by atoms with Gasteiger partial charge in [0.05, 0.1) is 12.9 Å². The van der Waals surface area contributed by atoms with E-state index in [0.717, 1.165) is 24.4 Å². The van der Waals surface area contributed by atoms with Crippen LogP contribution in [0.4, 0.5) is 11.8 Å². The molecule has 0 atom stereocenters. The van der Waals surface area contributed by atoms with Gasteiger partial charge in [-0.25, -0.2) is 4.98 Å². The minimum atomic E-state index is 0.0903. The summed E-state index contributed by atoms with van der Waals surface area (Å²) in [6, 6.07) is 0. The highest BCUT2D eigenvalue weighted by Gasteiger charge is 2.24. The number of carbonyl (C=O) groups excluding carboxylic acids is 1. The zero-order chi connectivity index (χ0) is 14.1. The lowest BCUT2D eigenvalue weighted by atomic mass is 10.3.